The van der Waals surface area contributed by atoms with E-state index in [1.54, 1.807) is 0 Å². The summed E-state index contributed by atoms with van der Waals surface area (Å²) in [7, 11) is 2.20. The van der Waals surface area contributed by atoms with E-state index in [1.165, 1.54) is 17.7 Å². The Hall–Kier alpha value is -1.84. The van der Waals surface area contributed by atoms with Crippen molar-refractivity contribution in [2.24, 2.45) is 0 Å². The number of hydrogen-bond acceptors (Lipinski definition) is 3. The summed E-state index contributed by atoms with van der Waals surface area (Å²) < 4.78 is 0. The summed E-state index contributed by atoms with van der Waals surface area (Å²) in [5.74, 6) is 0. The van der Waals surface area contributed by atoms with Crippen LogP contribution < -0.4 is 5.32 Å². The van der Waals surface area contributed by atoms with Gasteiger partial charge in [-0.2, -0.15) is 0 Å². The maximum absolute atomic E-state index is 3.66. The Morgan fingerprint density at radius 1 is 1.00 bits per heavy atom. The first-order valence-electron chi connectivity index (χ1n) is 8.13. The van der Waals surface area contributed by atoms with Gasteiger partial charge < -0.3 is 5.32 Å². The number of hydrazine groups is 1. The first kappa shape index (κ1) is 15.1. The van der Waals surface area contributed by atoms with Gasteiger partial charge in [-0.1, -0.05) is 48.5 Å². The highest BCUT2D eigenvalue weighted by Gasteiger charge is 2.23. The number of benzene rings is 2. The molecule has 1 aliphatic heterocycles. The van der Waals surface area contributed by atoms with Crippen molar-refractivity contribution in [1.29, 1.82) is 0 Å². The third-order valence-corrected chi connectivity index (χ3v) is 4.36. The molecular formula is C19H25N3. The monoisotopic (exact) mass is 295 g/mol. The molecule has 1 saturated heterocycles. The Balaban J connectivity index is 1.54. The van der Waals surface area contributed by atoms with Gasteiger partial charge in [0.25, 0.3) is 0 Å². The summed E-state index contributed by atoms with van der Waals surface area (Å²) in [5.41, 5.74) is 2.63. The molecule has 0 spiro atoms. The minimum atomic E-state index is 0.523. The molecule has 0 saturated carbocycles. The molecule has 0 bridgehead atoms. The lowest BCUT2D eigenvalue weighted by molar-refractivity contribution is -0.0303. The Labute approximate surface area is 133 Å². The third kappa shape index (κ3) is 4.09. The van der Waals surface area contributed by atoms with Gasteiger partial charge in [-0.25, -0.2) is 10.0 Å². The predicted octanol–water partition coefficient (Wildman–Crippen LogP) is 3.26. The van der Waals surface area contributed by atoms with Crippen LogP contribution in [-0.2, 0) is 6.42 Å². The highest BCUT2D eigenvalue weighted by Crippen LogP contribution is 2.16. The summed E-state index contributed by atoms with van der Waals surface area (Å²) in [6, 6.07) is 21.8. The van der Waals surface area contributed by atoms with E-state index >= 15 is 0 Å². The molecule has 2 aromatic rings. The largest absolute Gasteiger partial charge is 0.381 e. The lowest BCUT2D eigenvalue weighted by atomic mass is 10.1. The van der Waals surface area contributed by atoms with Gasteiger partial charge in [0.15, 0.2) is 0 Å². The van der Waals surface area contributed by atoms with Crippen molar-refractivity contribution in [2.75, 3.05) is 32.0 Å². The summed E-state index contributed by atoms with van der Waals surface area (Å²) in [6.07, 6.45) is 2.29. The molecular weight excluding hydrogens is 270 g/mol. The molecule has 116 valence electrons. The summed E-state index contributed by atoms with van der Waals surface area (Å²) in [5, 5.41) is 8.50. The van der Waals surface area contributed by atoms with Gasteiger partial charge in [-0.3, -0.25) is 0 Å². The quantitative estimate of drug-likeness (QED) is 0.913. The molecule has 3 rings (SSSR count). The van der Waals surface area contributed by atoms with Crippen LogP contribution >= 0.6 is 0 Å². The van der Waals surface area contributed by atoms with Crippen LogP contribution in [0.25, 0.3) is 0 Å². The van der Waals surface area contributed by atoms with Crippen LogP contribution in [0.5, 0.6) is 0 Å². The van der Waals surface area contributed by atoms with Crippen molar-refractivity contribution in [3.63, 3.8) is 0 Å². The van der Waals surface area contributed by atoms with Crippen molar-refractivity contribution >= 4 is 5.69 Å². The highest BCUT2D eigenvalue weighted by molar-refractivity contribution is 5.43. The summed E-state index contributed by atoms with van der Waals surface area (Å²) >= 11 is 0. The van der Waals surface area contributed by atoms with Gasteiger partial charge in [-0.15, -0.1) is 0 Å². The van der Waals surface area contributed by atoms with Gasteiger partial charge in [0.2, 0.25) is 0 Å². The molecule has 3 heteroatoms. The SMILES string of the molecule is CN1CCC(Nc2ccccc2)CN1CCc1ccccc1. The molecule has 0 aromatic heterocycles. The van der Waals surface area contributed by atoms with Crippen LogP contribution in [0.15, 0.2) is 60.7 Å². The van der Waals surface area contributed by atoms with E-state index in [2.05, 4.69) is 83.0 Å². The molecule has 1 unspecified atom stereocenters. The van der Waals surface area contributed by atoms with Gasteiger partial charge in [0.05, 0.1) is 0 Å². The van der Waals surface area contributed by atoms with Gasteiger partial charge in [-0.05, 0) is 30.5 Å². The molecule has 1 N–H and O–H groups in total. The highest BCUT2D eigenvalue weighted by atomic mass is 15.6. The Morgan fingerprint density at radius 3 is 2.41 bits per heavy atom. The van der Waals surface area contributed by atoms with Crippen molar-refractivity contribution < 1.29 is 0 Å². The minimum absolute atomic E-state index is 0.523. The van der Waals surface area contributed by atoms with E-state index in [0.717, 1.165) is 26.1 Å². The van der Waals surface area contributed by atoms with Gasteiger partial charge >= 0.3 is 0 Å². The van der Waals surface area contributed by atoms with Crippen LogP contribution in [-0.4, -0.2) is 42.7 Å². The number of anilines is 1. The summed E-state index contributed by atoms with van der Waals surface area (Å²) in [4.78, 5) is 0. The molecule has 3 nitrogen and oxygen atoms in total. The number of hydrogen-bond donors (Lipinski definition) is 1. The molecule has 0 amide bonds. The zero-order valence-corrected chi connectivity index (χ0v) is 13.3. The zero-order chi connectivity index (χ0) is 15.2. The van der Waals surface area contributed by atoms with Crippen molar-refractivity contribution in [2.45, 2.75) is 18.9 Å². The van der Waals surface area contributed by atoms with Crippen molar-refractivity contribution in [3.8, 4) is 0 Å². The zero-order valence-electron chi connectivity index (χ0n) is 13.3. The average molecular weight is 295 g/mol. The lowest BCUT2D eigenvalue weighted by Crippen LogP contribution is -2.52. The number of rotatable bonds is 5. The van der Waals surface area contributed by atoms with Crippen LogP contribution in [0.1, 0.15) is 12.0 Å². The third-order valence-electron chi connectivity index (χ3n) is 4.36. The van der Waals surface area contributed by atoms with E-state index < -0.39 is 0 Å². The molecule has 1 fully saturated rings. The molecule has 22 heavy (non-hydrogen) atoms. The van der Waals surface area contributed by atoms with E-state index in [4.69, 9.17) is 0 Å². The first-order valence-corrected chi connectivity index (χ1v) is 8.13. The second-order valence-electron chi connectivity index (χ2n) is 6.03. The predicted molar refractivity (Wildman–Crippen MR) is 92.8 cm³/mol. The second kappa shape index (κ2) is 7.43. The fourth-order valence-electron chi connectivity index (χ4n) is 3.02. The summed E-state index contributed by atoms with van der Waals surface area (Å²) in [6.45, 7) is 3.25. The van der Waals surface area contributed by atoms with E-state index in [0.29, 0.717) is 6.04 Å². The standard InChI is InChI=1S/C19H25N3/c1-21-14-13-19(20-18-10-6-3-7-11-18)16-22(21)15-12-17-8-4-2-5-9-17/h2-11,19-20H,12-16H2,1H3. The van der Waals surface area contributed by atoms with Crippen LogP contribution in [0.4, 0.5) is 5.69 Å². The molecule has 1 aliphatic rings. The first-order chi connectivity index (χ1) is 10.8. The minimum Gasteiger partial charge on any atom is -0.381 e. The Morgan fingerprint density at radius 2 is 1.68 bits per heavy atom. The second-order valence-corrected chi connectivity index (χ2v) is 6.03. The van der Waals surface area contributed by atoms with Crippen molar-refractivity contribution in [3.05, 3.63) is 66.2 Å². The van der Waals surface area contributed by atoms with Crippen LogP contribution in [0.2, 0.25) is 0 Å². The fraction of sp³-hybridized carbons (Fsp3) is 0.368. The fourth-order valence-corrected chi connectivity index (χ4v) is 3.02. The normalized spacial score (nSPS) is 20.0. The average Bonchev–Trinajstić information content (AvgIpc) is 2.57. The number of nitrogens with one attached hydrogen (secondary N) is 1. The molecule has 0 radical (unpaired) electrons. The number of nitrogens with zero attached hydrogens (tertiary/aromatic N) is 2. The van der Waals surface area contributed by atoms with E-state index in [-0.39, 0.29) is 0 Å². The van der Waals surface area contributed by atoms with E-state index in [1.807, 2.05) is 0 Å². The maximum Gasteiger partial charge on any atom is 0.0415 e. The van der Waals surface area contributed by atoms with Gasteiger partial charge in [0, 0.05) is 38.4 Å². The van der Waals surface area contributed by atoms with Crippen molar-refractivity contribution in [1.82, 2.24) is 10.0 Å². The maximum atomic E-state index is 3.66. The van der Waals surface area contributed by atoms with Crippen LogP contribution in [0.3, 0.4) is 0 Å². The Bertz CT molecular complexity index is 555. The topological polar surface area (TPSA) is 18.5 Å². The molecule has 1 atom stereocenters. The molecule has 0 aliphatic carbocycles. The smallest absolute Gasteiger partial charge is 0.0415 e. The molecule has 1 heterocycles. The van der Waals surface area contributed by atoms with Crippen LogP contribution in [0, 0.1) is 0 Å². The van der Waals surface area contributed by atoms with Gasteiger partial charge in [0.1, 0.15) is 0 Å². The number of para-hydroxylation sites is 1. The Kier molecular flexibility index (Phi) is 5.09. The molecule has 2 aromatic carbocycles. The lowest BCUT2D eigenvalue weighted by Gasteiger charge is -2.40. The van der Waals surface area contributed by atoms with E-state index in [9.17, 15) is 0 Å².